The summed E-state index contributed by atoms with van der Waals surface area (Å²) in [5.41, 5.74) is 3.98. The molecule has 4 heterocycles. The standard InChI is InChI=1S/C23H21N3O4/c1-25-12-20(27)26-17(23(25)28)11-15-14-4-2-3-5-16(14)24-21(15)22(26)13-6-7-18-19(10-13)30-9-8-29-18/h2-7,10,17,22,24H,8-9,11-12H2,1H3/t17-,22-/m0/s1. The number of hydrogen-bond donors (Lipinski definition) is 1. The van der Waals surface area contributed by atoms with Gasteiger partial charge in [-0.2, -0.15) is 0 Å². The Kier molecular flexibility index (Phi) is 3.63. The Labute approximate surface area is 173 Å². The molecule has 3 aromatic rings. The number of hydrogen-bond acceptors (Lipinski definition) is 4. The van der Waals surface area contributed by atoms with Gasteiger partial charge in [0.15, 0.2) is 11.5 Å². The van der Waals surface area contributed by atoms with Crippen molar-refractivity contribution in [1.82, 2.24) is 14.8 Å². The fourth-order valence-electron chi connectivity index (χ4n) is 4.98. The van der Waals surface area contributed by atoms with Gasteiger partial charge in [0, 0.05) is 30.1 Å². The third-order valence-electron chi connectivity index (χ3n) is 6.34. The number of likely N-dealkylation sites (N-methyl/N-ethyl adjacent to an activating group) is 1. The highest BCUT2D eigenvalue weighted by Crippen LogP contribution is 2.44. The molecule has 0 unspecified atom stereocenters. The van der Waals surface area contributed by atoms with Crippen molar-refractivity contribution in [1.29, 1.82) is 0 Å². The molecule has 2 atom stereocenters. The Balaban J connectivity index is 1.57. The number of ether oxygens (including phenoxy) is 2. The summed E-state index contributed by atoms with van der Waals surface area (Å²) in [7, 11) is 1.70. The van der Waals surface area contributed by atoms with Crippen LogP contribution < -0.4 is 9.47 Å². The van der Waals surface area contributed by atoms with E-state index in [4.69, 9.17) is 9.47 Å². The number of carbonyl (C=O) groups excluding carboxylic acids is 2. The van der Waals surface area contributed by atoms with E-state index in [1.807, 2.05) is 36.4 Å². The topological polar surface area (TPSA) is 74.9 Å². The van der Waals surface area contributed by atoms with Crippen LogP contribution >= 0.6 is 0 Å². The average molecular weight is 403 g/mol. The number of piperazine rings is 1. The lowest BCUT2D eigenvalue weighted by Gasteiger charge is -2.46. The number of carbonyl (C=O) groups is 2. The first kappa shape index (κ1) is 17.4. The maximum absolute atomic E-state index is 13.1. The molecule has 1 fully saturated rings. The van der Waals surface area contributed by atoms with Gasteiger partial charge in [-0.3, -0.25) is 9.59 Å². The lowest BCUT2D eigenvalue weighted by Crippen LogP contribution is -2.62. The maximum atomic E-state index is 13.1. The predicted molar refractivity (Wildman–Crippen MR) is 110 cm³/mol. The zero-order valence-corrected chi connectivity index (χ0v) is 16.6. The first-order valence-electron chi connectivity index (χ1n) is 10.2. The summed E-state index contributed by atoms with van der Waals surface area (Å²) in [6.45, 7) is 1.11. The molecule has 7 nitrogen and oxygen atoms in total. The number of aromatic nitrogens is 1. The molecule has 0 saturated carbocycles. The van der Waals surface area contributed by atoms with Gasteiger partial charge in [0.05, 0.1) is 12.6 Å². The van der Waals surface area contributed by atoms with Crippen LogP contribution in [0.4, 0.5) is 0 Å². The van der Waals surface area contributed by atoms with E-state index in [0.717, 1.165) is 27.7 Å². The Morgan fingerprint density at radius 3 is 2.70 bits per heavy atom. The van der Waals surface area contributed by atoms with Gasteiger partial charge in [-0.15, -0.1) is 0 Å². The van der Waals surface area contributed by atoms with Gasteiger partial charge in [0.2, 0.25) is 11.8 Å². The number of H-pyrrole nitrogens is 1. The van der Waals surface area contributed by atoms with E-state index in [1.54, 1.807) is 11.9 Å². The summed E-state index contributed by atoms with van der Waals surface area (Å²) < 4.78 is 11.5. The monoisotopic (exact) mass is 403 g/mol. The van der Waals surface area contributed by atoms with Crippen LogP contribution in [-0.4, -0.2) is 59.4 Å². The zero-order valence-electron chi connectivity index (χ0n) is 16.6. The average Bonchev–Trinajstić information content (AvgIpc) is 3.14. The van der Waals surface area contributed by atoms with Crippen molar-refractivity contribution < 1.29 is 19.1 Å². The number of aromatic amines is 1. The quantitative estimate of drug-likeness (QED) is 0.676. The highest BCUT2D eigenvalue weighted by Gasteiger charge is 2.47. The maximum Gasteiger partial charge on any atom is 0.245 e. The fraction of sp³-hybridized carbons (Fsp3) is 0.304. The molecule has 0 aliphatic carbocycles. The molecule has 30 heavy (non-hydrogen) atoms. The third-order valence-corrected chi connectivity index (χ3v) is 6.34. The minimum absolute atomic E-state index is 0.0203. The molecule has 3 aliphatic rings. The van der Waals surface area contributed by atoms with Crippen LogP contribution in [0.5, 0.6) is 11.5 Å². The lowest BCUT2D eigenvalue weighted by molar-refractivity contribution is -0.157. The minimum atomic E-state index is -0.513. The van der Waals surface area contributed by atoms with E-state index < -0.39 is 6.04 Å². The van der Waals surface area contributed by atoms with E-state index in [2.05, 4.69) is 11.1 Å². The number of para-hydroxylation sites is 1. The number of benzene rings is 2. The van der Waals surface area contributed by atoms with Gasteiger partial charge in [-0.25, -0.2) is 0 Å². The summed E-state index contributed by atoms with van der Waals surface area (Å²) in [5.74, 6) is 1.31. The highest BCUT2D eigenvalue weighted by atomic mass is 16.6. The van der Waals surface area contributed by atoms with Gasteiger partial charge in [-0.05, 0) is 29.3 Å². The largest absolute Gasteiger partial charge is 0.486 e. The number of rotatable bonds is 1. The SMILES string of the molecule is CN1CC(=O)N2[C@@H](c3ccc4c(c3)OCCO4)c3[nH]c4ccccc4c3C[C@H]2C1=O. The van der Waals surface area contributed by atoms with E-state index in [9.17, 15) is 9.59 Å². The molecule has 3 aliphatic heterocycles. The van der Waals surface area contributed by atoms with Crippen molar-refractivity contribution in [2.24, 2.45) is 0 Å². The number of nitrogens with one attached hydrogen (secondary N) is 1. The van der Waals surface area contributed by atoms with E-state index in [-0.39, 0.29) is 24.4 Å². The van der Waals surface area contributed by atoms with E-state index in [0.29, 0.717) is 31.1 Å². The van der Waals surface area contributed by atoms with Crippen LogP contribution in [0.15, 0.2) is 42.5 Å². The van der Waals surface area contributed by atoms with Gasteiger partial charge in [0.25, 0.3) is 0 Å². The van der Waals surface area contributed by atoms with Crippen molar-refractivity contribution >= 4 is 22.7 Å². The molecule has 1 saturated heterocycles. The summed E-state index contributed by atoms with van der Waals surface area (Å²) in [6.07, 6.45) is 0.509. The number of nitrogens with zero attached hydrogens (tertiary/aromatic N) is 2. The second-order valence-electron chi connectivity index (χ2n) is 8.08. The van der Waals surface area contributed by atoms with Crippen molar-refractivity contribution in [3.8, 4) is 11.5 Å². The minimum Gasteiger partial charge on any atom is -0.486 e. The molecular weight excluding hydrogens is 382 g/mol. The van der Waals surface area contributed by atoms with Crippen molar-refractivity contribution in [3.63, 3.8) is 0 Å². The molecule has 7 heteroatoms. The highest BCUT2D eigenvalue weighted by molar-refractivity contribution is 5.97. The molecule has 2 aromatic carbocycles. The second kappa shape index (κ2) is 6.26. The smallest absolute Gasteiger partial charge is 0.245 e. The van der Waals surface area contributed by atoms with Crippen LogP contribution in [0, 0.1) is 0 Å². The van der Waals surface area contributed by atoms with Crippen LogP contribution in [0.2, 0.25) is 0 Å². The third kappa shape index (κ3) is 2.38. The predicted octanol–water partition coefficient (Wildman–Crippen LogP) is 2.25. The molecule has 1 N–H and O–H groups in total. The molecule has 152 valence electrons. The molecule has 0 bridgehead atoms. The van der Waals surface area contributed by atoms with Gasteiger partial charge in [0.1, 0.15) is 19.3 Å². The van der Waals surface area contributed by atoms with Crippen LogP contribution in [0.3, 0.4) is 0 Å². The van der Waals surface area contributed by atoms with Crippen LogP contribution in [-0.2, 0) is 16.0 Å². The normalized spacial score (nSPS) is 22.8. The molecule has 1 aromatic heterocycles. The van der Waals surface area contributed by atoms with E-state index in [1.165, 1.54) is 4.90 Å². The van der Waals surface area contributed by atoms with Gasteiger partial charge in [-0.1, -0.05) is 24.3 Å². The molecule has 2 amide bonds. The van der Waals surface area contributed by atoms with E-state index >= 15 is 0 Å². The first-order valence-corrected chi connectivity index (χ1v) is 10.2. The number of fused-ring (bicyclic) bond motifs is 5. The lowest BCUT2D eigenvalue weighted by atomic mass is 9.86. The van der Waals surface area contributed by atoms with Crippen LogP contribution in [0.25, 0.3) is 10.9 Å². The number of amides is 2. The Morgan fingerprint density at radius 2 is 1.83 bits per heavy atom. The summed E-state index contributed by atoms with van der Waals surface area (Å²) in [6, 6.07) is 13.0. The van der Waals surface area contributed by atoms with Crippen molar-refractivity contribution in [2.75, 3.05) is 26.8 Å². The van der Waals surface area contributed by atoms with Gasteiger partial charge < -0.3 is 24.3 Å². The first-order chi connectivity index (χ1) is 14.6. The van der Waals surface area contributed by atoms with Crippen molar-refractivity contribution in [3.05, 3.63) is 59.3 Å². The van der Waals surface area contributed by atoms with Gasteiger partial charge >= 0.3 is 0 Å². The summed E-state index contributed by atoms with van der Waals surface area (Å²) in [5, 5.41) is 1.10. The Bertz CT molecular complexity index is 1200. The van der Waals surface area contributed by atoms with Crippen molar-refractivity contribution in [2.45, 2.75) is 18.5 Å². The Morgan fingerprint density at radius 1 is 1.03 bits per heavy atom. The molecule has 0 radical (unpaired) electrons. The molecule has 6 rings (SSSR count). The second-order valence-corrected chi connectivity index (χ2v) is 8.08. The van der Waals surface area contributed by atoms with Crippen LogP contribution in [0.1, 0.15) is 22.9 Å². The fourth-order valence-corrected chi connectivity index (χ4v) is 4.98. The Hall–Kier alpha value is -3.48. The summed E-state index contributed by atoms with van der Waals surface area (Å²) >= 11 is 0. The summed E-state index contributed by atoms with van der Waals surface area (Å²) in [4.78, 5) is 33.0. The zero-order chi connectivity index (χ0) is 20.4. The molecule has 0 spiro atoms. The molecular formula is C23H21N3O4.